The second-order valence-electron chi connectivity index (χ2n) is 6.87. The molecular formula is C23H19ClN2O2S. The maximum absolute atomic E-state index is 12.9. The first-order valence-electron chi connectivity index (χ1n) is 9.28. The monoisotopic (exact) mass is 422 g/mol. The summed E-state index contributed by atoms with van der Waals surface area (Å²) in [4.78, 5) is 16.4. The fourth-order valence-electron chi connectivity index (χ4n) is 3.97. The van der Waals surface area contributed by atoms with Gasteiger partial charge in [0, 0.05) is 16.4 Å². The highest BCUT2D eigenvalue weighted by Gasteiger charge is 2.39. The summed E-state index contributed by atoms with van der Waals surface area (Å²) in [7, 11) is 1.41. The zero-order valence-electron chi connectivity index (χ0n) is 15.8. The fourth-order valence-corrected chi connectivity index (χ4v) is 5.12. The van der Waals surface area contributed by atoms with Gasteiger partial charge in [0.2, 0.25) is 0 Å². The molecule has 0 bridgehead atoms. The van der Waals surface area contributed by atoms with Gasteiger partial charge in [0.1, 0.15) is 6.04 Å². The van der Waals surface area contributed by atoms with Crippen LogP contribution in [-0.2, 0) is 16.0 Å². The minimum atomic E-state index is -0.623. The van der Waals surface area contributed by atoms with Crippen molar-refractivity contribution in [1.29, 1.82) is 5.26 Å². The fraction of sp³-hybridized carbons (Fsp3) is 0.217. The molecule has 1 aliphatic heterocycles. The molecule has 0 spiro atoms. The highest BCUT2D eigenvalue weighted by Crippen LogP contribution is 2.43. The number of carbonyl (C=O) groups is 1. The van der Waals surface area contributed by atoms with Crippen LogP contribution in [0.1, 0.15) is 39.2 Å². The van der Waals surface area contributed by atoms with E-state index in [9.17, 15) is 4.79 Å². The number of thiophene rings is 1. The largest absolute Gasteiger partial charge is 0.468 e. The number of carbonyl (C=O) groups excluding carboxylic acids is 1. The van der Waals surface area contributed by atoms with Crippen LogP contribution in [0.3, 0.4) is 0 Å². The highest BCUT2D eigenvalue weighted by molar-refractivity contribution is 7.10. The predicted molar refractivity (Wildman–Crippen MR) is 114 cm³/mol. The lowest BCUT2D eigenvalue weighted by molar-refractivity contribution is -0.148. The van der Waals surface area contributed by atoms with E-state index in [0.29, 0.717) is 17.1 Å². The van der Waals surface area contributed by atoms with Crippen LogP contribution in [0.4, 0.5) is 0 Å². The molecule has 2 atom stereocenters. The molecule has 2 heterocycles. The summed E-state index contributed by atoms with van der Waals surface area (Å²) in [5.74, 6) is -0.338. The van der Waals surface area contributed by atoms with Gasteiger partial charge < -0.3 is 4.74 Å². The van der Waals surface area contributed by atoms with Crippen molar-refractivity contribution in [3.05, 3.63) is 92.1 Å². The van der Waals surface area contributed by atoms with Crippen molar-refractivity contribution in [2.24, 2.45) is 0 Å². The third-order valence-corrected chi connectivity index (χ3v) is 6.66. The number of benzene rings is 2. The Morgan fingerprint density at radius 3 is 2.69 bits per heavy atom. The number of hydrogen-bond acceptors (Lipinski definition) is 5. The number of nitrogens with zero attached hydrogens (tertiary/aromatic N) is 2. The van der Waals surface area contributed by atoms with Crippen molar-refractivity contribution < 1.29 is 9.53 Å². The molecule has 0 N–H and O–H groups in total. The molecule has 0 saturated heterocycles. The molecule has 4 rings (SSSR count). The molecule has 0 radical (unpaired) electrons. The van der Waals surface area contributed by atoms with Gasteiger partial charge in [-0.1, -0.05) is 41.9 Å². The first-order chi connectivity index (χ1) is 14.1. The number of fused-ring (bicyclic) bond motifs is 1. The summed E-state index contributed by atoms with van der Waals surface area (Å²) in [5.41, 5.74) is 3.56. The van der Waals surface area contributed by atoms with Gasteiger partial charge >= 0.3 is 5.97 Å². The van der Waals surface area contributed by atoms with Gasteiger partial charge in [-0.25, -0.2) is 4.79 Å². The molecule has 146 valence electrons. The maximum Gasteiger partial charge on any atom is 0.327 e. The van der Waals surface area contributed by atoms with E-state index >= 15 is 0 Å². The van der Waals surface area contributed by atoms with Crippen molar-refractivity contribution in [3.63, 3.8) is 0 Å². The van der Waals surface area contributed by atoms with E-state index in [2.05, 4.69) is 22.4 Å². The number of methoxy groups -OCH3 is 1. The SMILES string of the molecule is COC(=O)[C@H](c1ccccc1Cl)N1CCc2sccc2[C@@H]1c1ccc(C#N)cc1. The van der Waals surface area contributed by atoms with E-state index in [1.165, 1.54) is 17.6 Å². The van der Waals surface area contributed by atoms with Gasteiger partial charge in [0.25, 0.3) is 0 Å². The first-order valence-corrected chi connectivity index (χ1v) is 10.5. The Bertz CT molecular complexity index is 1070. The topological polar surface area (TPSA) is 53.3 Å². The molecule has 0 amide bonds. The van der Waals surface area contributed by atoms with Crippen LogP contribution >= 0.6 is 22.9 Å². The minimum absolute atomic E-state index is 0.127. The molecule has 29 heavy (non-hydrogen) atoms. The quantitative estimate of drug-likeness (QED) is 0.546. The molecule has 4 nitrogen and oxygen atoms in total. The number of rotatable bonds is 4. The van der Waals surface area contributed by atoms with Crippen LogP contribution in [0, 0.1) is 11.3 Å². The van der Waals surface area contributed by atoms with E-state index in [0.717, 1.165) is 17.5 Å². The van der Waals surface area contributed by atoms with Crippen molar-refractivity contribution in [2.75, 3.05) is 13.7 Å². The van der Waals surface area contributed by atoms with E-state index in [1.54, 1.807) is 17.4 Å². The first kappa shape index (κ1) is 19.7. The molecule has 3 aromatic rings. The third kappa shape index (κ3) is 3.67. The third-order valence-electron chi connectivity index (χ3n) is 5.31. The second-order valence-corrected chi connectivity index (χ2v) is 8.28. The summed E-state index contributed by atoms with van der Waals surface area (Å²) in [5, 5.41) is 11.8. The van der Waals surface area contributed by atoms with Gasteiger partial charge in [0.05, 0.1) is 24.8 Å². The molecule has 0 fully saturated rings. The van der Waals surface area contributed by atoms with Crippen molar-refractivity contribution in [1.82, 2.24) is 4.90 Å². The summed E-state index contributed by atoms with van der Waals surface area (Å²) >= 11 is 8.22. The smallest absolute Gasteiger partial charge is 0.327 e. The van der Waals surface area contributed by atoms with Crippen molar-refractivity contribution in [3.8, 4) is 6.07 Å². The van der Waals surface area contributed by atoms with E-state index in [1.807, 2.05) is 42.5 Å². The van der Waals surface area contributed by atoms with Crippen LogP contribution in [-0.4, -0.2) is 24.5 Å². The molecule has 0 unspecified atom stereocenters. The van der Waals surface area contributed by atoms with E-state index in [-0.39, 0.29) is 12.0 Å². The Morgan fingerprint density at radius 2 is 2.00 bits per heavy atom. The zero-order valence-corrected chi connectivity index (χ0v) is 17.4. The number of nitriles is 1. The Kier molecular flexibility index (Phi) is 5.68. The molecule has 1 aliphatic rings. The summed E-state index contributed by atoms with van der Waals surface area (Å²) < 4.78 is 5.19. The lowest BCUT2D eigenvalue weighted by Crippen LogP contribution is -2.42. The molecule has 0 saturated carbocycles. The number of hydrogen-bond donors (Lipinski definition) is 0. The Hall–Kier alpha value is -2.65. The zero-order chi connectivity index (χ0) is 20.4. The summed E-state index contributed by atoms with van der Waals surface area (Å²) in [6.45, 7) is 0.698. The average Bonchev–Trinajstić information content (AvgIpc) is 3.24. The molecule has 1 aromatic heterocycles. The second kappa shape index (κ2) is 8.38. The maximum atomic E-state index is 12.9. The standard InChI is InChI=1S/C23H19ClN2O2S/c1-28-23(27)22(17-4-2-3-5-19(17)24)26-12-10-20-18(11-13-29-20)21(26)16-8-6-15(14-25)7-9-16/h2-9,11,13,21-22H,10,12H2,1H3/t21-,22-/m0/s1. The van der Waals surface area contributed by atoms with E-state index < -0.39 is 6.04 Å². The lowest BCUT2D eigenvalue weighted by Gasteiger charge is -2.40. The Labute approximate surface area is 178 Å². The van der Waals surface area contributed by atoms with Crippen molar-refractivity contribution in [2.45, 2.75) is 18.5 Å². The average molecular weight is 423 g/mol. The van der Waals surface area contributed by atoms with Crippen LogP contribution in [0.2, 0.25) is 5.02 Å². The van der Waals surface area contributed by atoms with Gasteiger partial charge in [-0.3, -0.25) is 4.90 Å². The lowest BCUT2D eigenvalue weighted by atomic mass is 9.90. The molecule has 6 heteroatoms. The number of halogens is 1. The number of esters is 1. The molecule has 0 aliphatic carbocycles. The molecule has 2 aromatic carbocycles. The highest BCUT2D eigenvalue weighted by atomic mass is 35.5. The minimum Gasteiger partial charge on any atom is -0.468 e. The van der Waals surface area contributed by atoms with Gasteiger partial charge in [-0.2, -0.15) is 5.26 Å². The van der Waals surface area contributed by atoms with Gasteiger partial charge in [-0.05, 0) is 52.8 Å². The Morgan fingerprint density at radius 1 is 1.24 bits per heavy atom. The Balaban J connectivity index is 1.85. The van der Waals surface area contributed by atoms with Crippen molar-refractivity contribution >= 4 is 28.9 Å². The summed E-state index contributed by atoms with van der Waals surface area (Å²) in [6.07, 6.45) is 0.859. The van der Waals surface area contributed by atoms with Crippen LogP contribution in [0.15, 0.2) is 60.0 Å². The van der Waals surface area contributed by atoms with Crippen LogP contribution in [0.5, 0.6) is 0 Å². The normalized spacial score (nSPS) is 17.2. The van der Waals surface area contributed by atoms with Gasteiger partial charge in [-0.15, -0.1) is 11.3 Å². The van der Waals surface area contributed by atoms with Gasteiger partial charge in [0.15, 0.2) is 0 Å². The van der Waals surface area contributed by atoms with Crippen LogP contribution in [0.25, 0.3) is 0 Å². The predicted octanol–water partition coefficient (Wildman–Crippen LogP) is 5.13. The van der Waals surface area contributed by atoms with Crippen LogP contribution < -0.4 is 0 Å². The summed E-state index contributed by atoms with van der Waals surface area (Å²) in [6, 6.07) is 18.5. The van der Waals surface area contributed by atoms with E-state index in [4.69, 9.17) is 21.6 Å². The number of ether oxygens (including phenoxy) is 1. The molecular weight excluding hydrogens is 404 g/mol.